The Balaban J connectivity index is 1.61. The summed E-state index contributed by atoms with van der Waals surface area (Å²) >= 11 is 0. The van der Waals surface area contributed by atoms with Crippen molar-refractivity contribution in [3.63, 3.8) is 0 Å². The van der Waals surface area contributed by atoms with E-state index in [4.69, 9.17) is 14.2 Å². The Morgan fingerprint density at radius 2 is 2.04 bits per heavy atom. The molecule has 1 amide bonds. The van der Waals surface area contributed by atoms with Crippen molar-refractivity contribution in [2.45, 2.75) is 45.9 Å². The lowest BCUT2D eigenvalue weighted by molar-refractivity contribution is -0.153. The van der Waals surface area contributed by atoms with Gasteiger partial charge in [-0.2, -0.15) is 5.10 Å². The summed E-state index contributed by atoms with van der Waals surface area (Å²) < 4.78 is 17.8. The minimum Gasteiger partial charge on any atom is -0.454 e. The van der Waals surface area contributed by atoms with Crippen LogP contribution >= 0.6 is 0 Å². The van der Waals surface area contributed by atoms with E-state index in [9.17, 15) is 9.59 Å². The van der Waals surface area contributed by atoms with E-state index in [2.05, 4.69) is 5.10 Å². The fraction of sp³-hybridized carbons (Fsp3) is 0.450. The predicted octanol–water partition coefficient (Wildman–Crippen LogP) is 2.00. The lowest BCUT2D eigenvalue weighted by atomic mass is 10.1. The van der Waals surface area contributed by atoms with Gasteiger partial charge in [0.2, 0.25) is 6.79 Å². The van der Waals surface area contributed by atoms with Crippen molar-refractivity contribution in [3.05, 3.63) is 40.7 Å². The number of carbonyl (C=O) groups excluding carboxylic acids is 2. The van der Waals surface area contributed by atoms with Crippen LogP contribution in [0.2, 0.25) is 0 Å². The quantitative estimate of drug-likeness (QED) is 0.732. The summed E-state index contributed by atoms with van der Waals surface area (Å²) in [7, 11) is 1.88. The number of rotatable bonds is 5. The van der Waals surface area contributed by atoms with Crippen molar-refractivity contribution >= 4 is 11.9 Å². The van der Waals surface area contributed by atoms with Gasteiger partial charge in [0.05, 0.1) is 5.69 Å². The topological polar surface area (TPSA) is 82.9 Å². The highest BCUT2D eigenvalue weighted by molar-refractivity contribution is 5.86. The van der Waals surface area contributed by atoms with Crippen LogP contribution in [0.5, 0.6) is 11.5 Å². The normalized spacial score (nSPS) is 17.7. The van der Waals surface area contributed by atoms with Gasteiger partial charge < -0.3 is 19.1 Å². The van der Waals surface area contributed by atoms with Crippen molar-refractivity contribution in [3.8, 4) is 11.5 Å². The molecule has 148 valence electrons. The van der Waals surface area contributed by atoms with Gasteiger partial charge in [-0.3, -0.25) is 14.3 Å². The second kappa shape index (κ2) is 7.18. The molecule has 0 radical (unpaired) electrons. The van der Waals surface area contributed by atoms with E-state index in [0.717, 1.165) is 22.5 Å². The zero-order valence-corrected chi connectivity index (χ0v) is 16.2. The maximum Gasteiger partial charge on any atom is 0.306 e. The molecule has 2 aromatic rings. The Bertz CT molecular complexity index is 936. The van der Waals surface area contributed by atoms with Gasteiger partial charge in [-0.05, 0) is 31.5 Å². The molecule has 4 rings (SSSR count). The molecule has 2 aliphatic rings. The number of benzene rings is 1. The standard InChI is InChI=1S/C20H23N3O5/c1-12-15(13(2)22(3)21-12)10-23(20(25)17-6-7-19(24)28-17)9-14-4-5-16-18(8-14)27-11-26-16/h4-5,8,17H,6-7,9-11H2,1-3H3/t17-/m0/s1. The molecular weight excluding hydrogens is 362 g/mol. The number of hydrogen-bond donors (Lipinski definition) is 0. The summed E-state index contributed by atoms with van der Waals surface area (Å²) in [5.41, 5.74) is 3.80. The molecule has 0 aliphatic carbocycles. The van der Waals surface area contributed by atoms with Crippen molar-refractivity contribution in [1.82, 2.24) is 14.7 Å². The lowest BCUT2D eigenvalue weighted by Crippen LogP contribution is -2.38. The number of nitrogens with zero attached hydrogens (tertiary/aromatic N) is 3. The molecule has 0 bridgehead atoms. The molecule has 28 heavy (non-hydrogen) atoms. The first-order valence-electron chi connectivity index (χ1n) is 9.28. The van der Waals surface area contributed by atoms with Gasteiger partial charge in [0, 0.05) is 44.2 Å². The van der Waals surface area contributed by atoms with Crippen LogP contribution in [0.3, 0.4) is 0 Å². The highest BCUT2D eigenvalue weighted by atomic mass is 16.7. The van der Waals surface area contributed by atoms with Gasteiger partial charge in [-0.1, -0.05) is 6.07 Å². The molecule has 0 spiro atoms. The van der Waals surface area contributed by atoms with Crippen LogP contribution < -0.4 is 9.47 Å². The van der Waals surface area contributed by atoms with Crippen LogP contribution in [0.15, 0.2) is 18.2 Å². The Morgan fingerprint density at radius 1 is 1.25 bits per heavy atom. The molecule has 0 N–H and O–H groups in total. The fourth-order valence-corrected chi connectivity index (χ4v) is 3.61. The molecule has 3 heterocycles. The van der Waals surface area contributed by atoms with Crippen LogP contribution in [0.1, 0.15) is 35.4 Å². The molecular formula is C20H23N3O5. The van der Waals surface area contributed by atoms with Crippen molar-refractivity contribution in [2.75, 3.05) is 6.79 Å². The third-order valence-electron chi connectivity index (χ3n) is 5.29. The first-order chi connectivity index (χ1) is 13.4. The number of fused-ring (bicyclic) bond motifs is 1. The second-order valence-electron chi connectivity index (χ2n) is 7.17. The molecule has 1 fully saturated rings. The zero-order valence-electron chi connectivity index (χ0n) is 16.2. The first kappa shape index (κ1) is 18.3. The SMILES string of the molecule is Cc1nn(C)c(C)c1CN(Cc1ccc2c(c1)OCO2)C(=O)[C@@H]1CCC(=O)O1. The maximum absolute atomic E-state index is 13.1. The summed E-state index contributed by atoms with van der Waals surface area (Å²) in [5.74, 6) is 0.859. The van der Waals surface area contributed by atoms with E-state index >= 15 is 0 Å². The van der Waals surface area contributed by atoms with Crippen LogP contribution in [-0.4, -0.2) is 39.5 Å². The van der Waals surface area contributed by atoms with Crippen molar-refractivity contribution in [2.24, 2.45) is 7.05 Å². The number of aromatic nitrogens is 2. The number of esters is 1. The first-order valence-corrected chi connectivity index (χ1v) is 9.28. The van der Waals surface area contributed by atoms with Crippen molar-refractivity contribution < 1.29 is 23.8 Å². The van der Waals surface area contributed by atoms with Crippen molar-refractivity contribution in [1.29, 1.82) is 0 Å². The van der Waals surface area contributed by atoms with E-state index in [-0.39, 0.29) is 25.1 Å². The molecule has 8 heteroatoms. The molecule has 1 atom stereocenters. The van der Waals surface area contributed by atoms with Crippen LogP contribution in [0, 0.1) is 13.8 Å². The average molecular weight is 385 g/mol. The van der Waals surface area contributed by atoms with Crippen LogP contribution in [-0.2, 0) is 34.5 Å². The Labute approximate surface area is 163 Å². The van der Waals surface area contributed by atoms with E-state index < -0.39 is 6.10 Å². The minimum atomic E-state index is -0.723. The highest BCUT2D eigenvalue weighted by Crippen LogP contribution is 2.33. The molecule has 1 aromatic carbocycles. The number of amides is 1. The molecule has 0 unspecified atom stereocenters. The average Bonchev–Trinajstić information content (AvgIpc) is 3.36. The predicted molar refractivity (Wildman–Crippen MR) is 98.6 cm³/mol. The van der Waals surface area contributed by atoms with E-state index in [1.165, 1.54) is 0 Å². The van der Waals surface area contributed by atoms with Gasteiger partial charge >= 0.3 is 5.97 Å². The summed E-state index contributed by atoms with van der Waals surface area (Å²) in [6.45, 7) is 4.88. The van der Waals surface area contributed by atoms with Gasteiger partial charge in [-0.15, -0.1) is 0 Å². The molecule has 8 nitrogen and oxygen atoms in total. The second-order valence-corrected chi connectivity index (χ2v) is 7.17. The zero-order chi connectivity index (χ0) is 19.8. The van der Waals surface area contributed by atoms with Crippen LogP contribution in [0.4, 0.5) is 0 Å². The number of carbonyl (C=O) groups is 2. The van der Waals surface area contributed by atoms with Gasteiger partial charge in [0.15, 0.2) is 17.6 Å². The van der Waals surface area contributed by atoms with Gasteiger partial charge in [0.1, 0.15) is 0 Å². The monoisotopic (exact) mass is 385 g/mol. The lowest BCUT2D eigenvalue weighted by Gasteiger charge is -2.25. The molecule has 0 saturated carbocycles. The fourth-order valence-electron chi connectivity index (χ4n) is 3.61. The van der Waals surface area contributed by atoms with Crippen LogP contribution in [0.25, 0.3) is 0 Å². The van der Waals surface area contributed by atoms with Gasteiger partial charge in [0.25, 0.3) is 5.91 Å². The van der Waals surface area contributed by atoms with Gasteiger partial charge in [-0.25, -0.2) is 0 Å². The third kappa shape index (κ3) is 3.42. The smallest absolute Gasteiger partial charge is 0.306 e. The maximum atomic E-state index is 13.1. The Kier molecular flexibility index (Phi) is 4.70. The number of aryl methyl sites for hydroxylation is 2. The van der Waals surface area contributed by atoms with E-state index in [1.54, 1.807) is 4.90 Å². The molecule has 1 aromatic heterocycles. The number of cyclic esters (lactones) is 1. The summed E-state index contributed by atoms with van der Waals surface area (Å²) in [6.07, 6.45) is -0.0294. The summed E-state index contributed by atoms with van der Waals surface area (Å²) in [5, 5.41) is 4.44. The Morgan fingerprint density at radius 3 is 2.71 bits per heavy atom. The largest absolute Gasteiger partial charge is 0.454 e. The van der Waals surface area contributed by atoms with E-state index in [0.29, 0.717) is 31.0 Å². The molecule has 2 aliphatic heterocycles. The number of ether oxygens (including phenoxy) is 3. The van der Waals surface area contributed by atoms with E-state index in [1.807, 2.05) is 43.8 Å². The summed E-state index contributed by atoms with van der Waals surface area (Å²) in [4.78, 5) is 26.3. The highest BCUT2D eigenvalue weighted by Gasteiger charge is 2.34. The number of hydrogen-bond acceptors (Lipinski definition) is 6. The summed E-state index contributed by atoms with van der Waals surface area (Å²) in [6, 6.07) is 5.64. The third-order valence-corrected chi connectivity index (χ3v) is 5.29. The molecule has 1 saturated heterocycles. The Hall–Kier alpha value is -3.03. The minimum absolute atomic E-state index is 0.189.